The molecule has 7 heteroatoms. The van der Waals surface area contributed by atoms with Crippen LogP contribution in [-0.4, -0.2) is 15.3 Å². The summed E-state index contributed by atoms with van der Waals surface area (Å²) in [6.45, 7) is 0. The molecule has 0 saturated heterocycles. The first-order valence-electron chi connectivity index (χ1n) is 7.79. The second-order valence-electron chi connectivity index (χ2n) is 5.84. The van der Waals surface area contributed by atoms with Gasteiger partial charge >= 0.3 is 0 Å². The number of H-pyrrole nitrogens is 1. The van der Waals surface area contributed by atoms with E-state index in [0.717, 1.165) is 5.56 Å². The van der Waals surface area contributed by atoms with Gasteiger partial charge in [-0.2, -0.15) is 5.26 Å². The normalized spacial score (nSPS) is 15.9. The first-order chi connectivity index (χ1) is 12.6. The molecule has 4 rings (SSSR count). The van der Waals surface area contributed by atoms with Crippen molar-refractivity contribution >= 4 is 0 Å². The van der Waals surface area contributed by atoms with Gasteiger partial charge in [0.15, 0.2) is 0 Å². The van der Waals surface area contributed by atoms with Gasteiger partial charge in [-0.1, -0.05) is 12.1 Å². The van der Waals surface area contributed by atoms with E-state index in [1.165, 1.54) is 24.3 Å². The molecule has 1 aliphatic rings. The summed E-state index contributed by atoms with van der Waals surface area (Å²) in [5.74, 6) is -0.518. The van der Waals surface area contributed by atoms with Crippen molar-refractivity contribution in [3.63, 3.8) is 0 Å². The predicted molar refractivity (Wildman–Crippen MR) is 91.4 cm³/mol. The Kier molecular flexibility index (Phi) is 3.59. The Morgan fingerprint density at radius 2 is 1.85 bits per heavy atom. The third-order valence-corrected chi connectivity index (χ3v) is 4.30. The summed E-state index contributed by atoms with van der Waals surface area (Å²) in [6, 6.07) is 14.5. The van der Waals surface area contributed by atoms with E-state index in [1.807, 2.05) is 0 Å². The van der Waals surface area contributed by atoms with Crippen LogP contribution in [0.1, 0.15) is 17.0 Å². The van der Waals surface area contributed by atoms with Crippen LogP contribution >= 0.6 is 0 Å². The number of rotatable bonds is 2. The molecule has 0 spiro atoms. The van der Waals surface area contributed by atoms with Gasteiger partial charge in [-0.05, 0) is 42.0 Å². The number of fused-ring (bicyclic) bond motifs is 1. The quantitative estimate of drug-likeness (QED) is 0.659. The largest absolute Gasteiger partial charge is 0.508 e. The fraction of sp³-hybridized carbons (Fsp3) is 0.0526. The monoisotopic (exact) mass is 348 g/mol. The molecule has 0 radical (unpaired) electrons. The zero-order valence-corrected chi connectivity index (χ0v) is 13.4. The number of aromatic amines is 1. The Morgan fingerprint density at radius 1 is 1.15 bits per heavy atom. The molecule has 3 aromatic rings. The van der Waals surface area contributed by atoms with Crippen molar-refractivity contribution in [2.45, 2.75) is 5.92 Å². The van der Waals surface area contributed by atoms with Crippen LogP contribution < -0.4 is 10.5 Å². The Bertz CT molecular complexity index is 1050. The molecule has 0 unspecified atom stereocenters. The number of hydrogen-bond acceptors (Lipinski definition) is 5. The number of nitrogens with zero attached hydrogens (tertiary/aromatic N) is 2. The van der Waals surface area contributed by atoms with Gasteiger partial charge in [-0.3, -0.25) is 5.10 Å². The van der Waals surface area contributed by atoms with Gasteiger partial charge in [-0.25, -0.2) is 4.39 Å². The van der Waals surface area contributed by atoms with E-state index in [9.17, 15) is 14.8 Å². The third kappa shape index (κ3) is 2.45. The number of nitrogens with one attached hydrogen (secondary N) is 1. The summed E-state index contributed by atoms with van der Waals surface area (Å²) < 4.78 is 18.8. The average molecular weight is 348 g/mol. The number of nitriles is 1. The summed E-state index contributed by atoms with van der Waals surface area (Å²) >= 11 is 0. The van der Waals surface area contributed by atoms with Gasteiger partial charge < -0.3 is 15.6 Å². The predicted octanol–water partition coefficient (Wildman–Crippen LogP) is 3.14. The van der Waals surface area contributed by atoms with Crippen LogP contribution in [0.2, 0.25) is 0 Å². The van der Waals surface area contributed by atoms with Crippen molar-refractivity contribution < 1.29 is 14.2 Å². The molecule has 0 saturated carbocycles. The van der Waals surface area contributed by atoms with Crippen LogP contribution in [0, 0.1) is 17.1 Å². The molecule has 6 nitrogen and oxygen atoms in total. The Hall–Kier alpha value is -3.79. The maximum atomic E-state index is 13.3. The minimum atomic E-state index is -0.525. The number of aromatic hydroxyl groups is 1. The number of phenolic OH excluding ortho intramolecular Hbond substituents is 1. The zero-order chi connectivity index (χ0) is 18.3. The summed E-state index contributed by atoms with van der Waals surface area (Å²) in [5, 5.41) is 26.2. The lowest BCUT2D eigenvalue weighted by Crippen LogP contribution is -2.20. The van der Waals surface area contributed by atoms with Crippen molar-refractivity contribution in [1.29, 1.82) is 5.26 Å². The molecule has 1 aliphatic heterocycles. The van der Waals surface area contributed by atoms with Gasteiger partial charge in [0, 0.05) is 5.56 Å². The number of hydrogen-bond donors (Lipinski definition) is 3. The van der Waals surface area contributed by atoms with Crippen molar-refractivity contribution in [2.24, 2.45) is 5.73 Å². The second-order valence-corrected chi connectivity index (χ2v) is 5.84. The lowest BCUT2D eigenvalue weighted by atomic mass is 9.83. The molecule has 2 aromatic carbocycles. The van der Waals surface area contributed by atoms with Gasteiger partial charge in [0.1, 0.15) is 23.2 Å². The van der Waals surface area contributed by atoms with Crippen LogP contribution in [0.3, 0.4) is 0 Å². The molecule has 1 atom stereocenters. The fourth-order valence-corrected chi connectivity index (χ4v) is 3.08. The van der Waals surface area contributed by atoms with E-state index in [2.05, 4.69) is 16.3 Å². The Labute approximate surface area is 148 Å². The van der Waals surface area contributed by atoms with Crippen molar-refractivity contribution in [2.75, 3.05) is 0 Å². The summed E-state index contributed by atoms with van der Waals surface area (Å²) in [4.78, 5) is 0. The molecule has 1 aromatic heterocycles. The molecule has 2 heterocycles. The third-order valence-electron chi connectivity index (χ3n) is 4.30. The lowest BCUT2D eigenvalue weighted by molar-refractivity contribution is 0.379. The highest BCUT2D eigenvalue weighted by atomic mass is 19.1. The smallest absolute Gasteiger partial charge is 0.244 e. The zero-order valence-electron chi connectivity index (χ0n) is 13.4. The highest BCUT2D eigenvalue weighted by Crippen LogP contribution is 2.45. The van der Waals surface area contributed by atoms with Crippen LogP contribution in [0.4, 0.5) is 4.39 Å². The standard InChI is InChI=1S/C19H13FN4O2/c20-12-5-1-11(2-6-12)17-16-15(10-3-7-13(25)8-4-10)14(9-21)18(22)26-19(16)24-23-17/h1-8,15,25H,22H2,(H,23,24)/t15-/m0/s1. The van der Waals surface area contributed by atoms with E-state index in [1.54, 1.807) is 24.3 Å². The molecule has 128 valence electrons. The Morgan fingerprint density at radius 3 is 2.50 bits per heavy atom. The highest BCUT2D eigenvalue weighted by Gasteiger charge is 2.35. The van der Waals surface area contributed by atoms with Crippen LogP contribution in [0.15, 0.2) is 60.0 Å². The van der Waals surface area contributed by atoms with Gasteiger partial charge in [0.2, 0.25) is 11.8 Å². The van der Waals surface area contributed by atoms with E-state index in [-0.39, 0.29) is 28.9 Å². The number of ether oxygens (including phenoxy) is 1. The van der Waals surface area contributed by atoms with E-state index >= 15 is 0 Å². The maximum absolute atomic E-state index is 13.3. The first kappa shape index (κ1) is 15.7. The van der Waals surface area contributed by atoms with E-state index in [4.69, 9.17) is 10.5 Å². The highest BCUT2D eigenvalue weighted by molar-refractivity contribution is 5.70. The molecule has 0 fully saturated rings. The number of halogens is 1. The minimum absolute atomic E-state index is 0.0183. The number of benzene rings is 2. The van der Waals surface area contributed by atoms with Crippen molar-refractivity contribution in [3.05, 3.63) is 76.9 Å². The van der Waals surface area contributed by atoms with Crippen LogP contribution in [-0.2, 0) is 0 Å². The summed E-state index contributed by atoms with van der Waals surface area (Å²) in [6.07, 6.45) is 0. The number of nitrogens with two attached hydrogens (primary N) is 1. The molecule has 26 heavy (non-hydrogen) atoms. The molecular formula is C19H13FN4O2. The van der Waals surface area contributed by atoms with E-state index < -0.39 is 5.92 Å². The molecule has 0 aliphatic carbocycles. The first-order valence-corrected chi connectivity index (χ1v) is 7.79. The van der Waals surface area contributed by atoms with Crippen LogP contribution in [0.25, 0.3) is 11.3 Å². The maximum Gasteiger partial charge on any atom is 0.244 e. The molecule has 4 N–H and O–H groups in total. The molecule has 0 bridgehead atoms. The van der Waals surface area contributed by atoms with Crippen molar-refractivity contribution in [3.8, 4) is 29.0 Å². The Balaban J connectivity index is 1.93. The van der Waals surface area contributed by atoms with Gasteiger partial charge in [0.05, 0.1) is 17.2 Å². The van der Waals surface area contributed by atoms with E-state index in [0.29, 0.717) is 16.8 Å². The molecule has 0 amide bonds. The van der Waals surface area contributed by atoms with Gasteiger partial charge in [-0.15, -0.1) is 5.10 Å². The number of aromatic nitrogens is 2. The second kappa shape index (κ2) is 5.93. The minimum Gasteiger partial charge on any atom is -0.508 e. The number of phenols is 1. The fourth-order valence-electron chi connectivity index (χ4n) is 3.08. The van der Waals surface area contributed by atoms with Crippen LogP contribution in [0.5, 0.6) is 11.6 Å². The number of allylic oxidation sites excluding steroid dienone is 1. The van der Waals surface area contributed by atoms with Crippen molar-refractivity contribution in [1.82, 2.24) is 10.2 Å². The van der Waals surface area contributed by atoms with Gasteiger partial charge in [0.25, 0.3) is 0 Å². The lowest BCUT2D eigenvalue weighted by Gasteiger charge is -2.24. The average Bonchev–Trinajstić information content (AvgIpc) is 3.05. The topological polar surface area (TPSA) is 108 Å². The SMILES string of the molecule is N#CC1=C(N)Oc2n[nH]c(-c3ccc(F)cc3)c2[C@H]1c1ccc(O)cc1. The summed E-state index contributed by atoms with van der Waals surface area (Å²) in [5.41, 5.74) is 8.84. The molecular weight excluding hydrogens is 335 g/mol. The summed E-state index contributed by atoms with van der Waals surface area (Å²) in [7, 11) is 0.